The van der Waals surface area contributed by atoms with Crippen LogP contribution in [0.25, 0.3) is 0 Å². The smallest absolute Gasteiger partial charge is 0.123 e. The molecule has 0 aliphatic carbocycles. The zero-order chi connectivity index (χ0) is 10.7. The summed E-state index contributed by atoms with van der Waals surface area (Å²) in [5.41, 5.74) is 6.91. The van der Waals surface area contributed by atoms with E-state index in [0.717, 1.165) is 0 Å². The van der Waals surface area contributed by atoms with E-state index in [0.29, 0.717) is 11.9 Å². The number of nitrogens with two attached hydrogens (primary N) is 1. The van der Waals surface area contributed by atoms with Crippen molar-refractivity contribution in [1.29, 1.82) is 0 Å². The molecule has 1 fully saturated rings. The zero-order valence-corrected chi connectivity index (χ0v) is 9.32. The van der Waals surface area contributed by atoms with E-state index in [4.69, 9.17) is 5.73 Å². The molecule has 1 aromatic rings. The first-order valence-corrected chi connectivity index (χ1v) is 5.76. The van der Waals surface area contributed by atoms with E-state index in [9.17, 15) is 0 Å². The number of rotatable bonds is 3. The van der Waals surface area contributed by atoms with E-state index < -0.39 is 0 Å². The number of likely N-dealkylation sites (tertiary alicyclic amines) is 1. The fourth-order valence-electron chi connectivity index (χ4n) is 2.37. The summed E-state index contributed by atoms with van der Waals surface area (Å²) in [6.07, 6.45) is 5.70. The molecule has 3 heteroatoms. The fraction of sp³-hybridized carbons (Fsp3) is 0.583. The molecular formula is C12H19N3. The van der Waals surface area contributed by atoms with Crippen molar-refractivity contribution in [2.24, 2.45) is 0 Å². The Hall–Kier alpha value is -1.09. The Morgan fingerprint density at radius 1 is 1.53 bits per heavy atom. The molecule has 2 heterocycles. The molecule has 0 bridgehead atoms. The van der Waals surface area contributed by atoms with Gasteiger partial charge in [-0.1, -0.05) is 13.0 Å². The van der Waals surface area contributed by atoms with Gasteiger partial charge < -0.3 is 5.73 Å². The second kappa shape index (κ2) is 4.62. The molecule has 2 rings (SSSR count). The highest BCUT2D eigenvalue weighted by Crippen LogP contribution is 2.31. The number of anilines is 1. The van der Waals surface area contributed by atoms with Crippen LogP contribution >= 0.6 is 0 Å². The molecular weight excluding hydrogens is 186 g/mol. The average molecular weight is 205 g/mol. The van der Waals surface area contributed by atoms with Gasteiger partial charge in [-0.05, 0) is 44.0 Å². The number of aromatic nitrogens is 1. The summed E-state index contributed by atoms with van der Waals surface area (Å²) in [7, 11) is 0. The standard InChI is InChI=1S/C12H19N3/c1-2-7-15-8-3-4-11(15)10-5-6-12(13)14-9-10/h5-6,9,11H,2-4,7-8H2,1H3,(H2,13,14). The SMILES string of the molecule is CCCN1CCCC1c1ccc(N)nc1. The molecule has 1 unspecified atom stereocenters. The highest BCUT2D eigenvalue weighted by Gasteiger charge is 2.24. The number of pyridine rings is 1. The normalized spacial score (nSPS) is 22.1. The van der Waals surface area contributed by atoms with Gasteiger partial charge in [-0.2, -0.15) is 0 Å². The van der Waals surface area contributed by atoms with Crippen molar-refractivity contribution in [2.45, 2.75) is 32.2 Å². The Labute approximate surface area is 91.3 Å². The van der Waals surface area contributed by atoms with E-state index in [1.54, 1.807) is 0 Å². The second-order valence-corrected chi connectivity index (χ2v) is 4.21. The van der Waals surface area contributed by atoms with Gasteiger partial charge in [0.05, 0.1) is 0 Å². The van der Waals surface area contributed by atoms with E-state index in [2.05, 4.69) is 22.9 Å². The van der Waals surface area contributed by atoms with Crippen molar-refractivity contribution < 1.29 is 0 Å². The van der Waals surface area contributed by atoms with Gasteiger partial charge in [0.25, 0.3) is 0 Å². The van der Waals surface area contributed by atoms with Crippen molar-refractivity contribution in [1.82, 2.24) is 9.88 Å². The predicted molar refractivity (Wildman–Crippen MR) is 62.5 cm³/mol. The molecule has 0 saturated carbocycles. The van der Waals surface area contributed by atoms with Crippen LogP contribution < -0.4 is 5.73 Å². The number of hydrogen-bond acceptors (Lipinski definition) is 3. The van der Waals surface area contributed by atoms with Gasteiger partial charge in [0.15, 0.2) is 0 Å². The van der Waals surface area contributed by atoms with Crippen LogP contribution in [-0.2, 0) is 0 Å². The van der Waals surface area contributed by atoms with Gasteiger partial charge in [-0.25, -0.2) is 4.98 Å². The van der Waals surface area contributed by atoms with E-state index in [-0.39, 0.29) is 0 Å². The molecule has 0 radical (unpaired) electrons. The molecule has 0 spiro atoms. The first-order valence-electron chi connectivity index (χ1n) is 5.76. The average Bonchev–Trinajstić information content (AvgIpc) is 2.68. The molecule has 3 nitrogen and oxygen atoms in total. The van der Waals surface area contributed by atoms with Gasteiger partial charge >= 0.3 is 0 Å². The zero-order valence-electron chi connectivity index (χ0n) is 9.32. The summed E-state index contributed by atoms with van der Waals surface area (Å²) in [4.78, 5) is 6.72. The van der Waals surface area contributed by atoms with Crippen LogP contribution in [0.1, 0.15) is 37.8 Å². The molecule has 1 aliphatic rings. The largest absolute Gasteiger partial charge is 0.384 e. The van der Waals surface area contributed by atoms with Gasteiger partial charge in [0.2, 0.25) is 0 Å². The second-order valence-electron chi connectivity index (χ2n) is 4.21. The summed E-state index contributed by atoms with van der Waals surface area (Å²) in [6.45, 7) is 4.65. The molecule has 15 heavy (non-hydrogen) atoms. The monoisotopic (exact) mass is 205 g/mol. The summed E-state index contributed by atoms with van der Waals surface area (Å²) in [5.74, 6) is 0.610. The van der Waals surface area contributed by atoms with Crippen LogP contribution in [0.3, 0.4) is 0 Å². The highest BCUT2D eigenvalue weighted by molar-refractivity contribution is 5.30. The van der Waals surface area contributed by atoms with Crippen LogP contribution in [0.2, 0.25) is 0 Å². The third kappa shape index (κ3) is 2.29. The summed E-state index contributed by atoms with van der Waals surface area (Å²) >= 11 is 0. The van der Waals surface area contributed by atoms with Gasteiger partial charge in [-0.3, -0.25) is 4.90 Å². The van der Waals surface area contributed by atoms with Crippen LogP contribution in [0.15, 0.2) is 18.3 Å². The molecule has 1 aromatic heterocycles. The minimum atomic E-state index is 0.568. The summed E-state index contributed by atoms with van der Waals surface area (Å²) in [5, 5.41) is 0. The maximum absolute atomic E-state index is 5.59. The Morgan fingerprint density at radius 2 is 2.40 bits per heavy atom. The predicted octanol–water partition coefficient (Wildman–Crippen LogP) is 2.21. The Bertz CT molecular complexity index is 307. The Balaban J connectivity index is 2.11. The van der Waals surface area contributed by atoms with Gasteiger partial charge in [-0.15, -0.1) is 0 Å². The minimum Gasteiger partial charge on any atom is -0.384 e. The first kappa shape index (κ1) is 10.4. The Kier molecular flexibility index (Phi) is 3.21. The van der Waals surface area contributed by atoms with Crippen LogP contribution in [0.4, 0.5) is 5.82 Å². The third-order valence-corrected chi connectivity index (χ3v) is 3.07. The molecule has 0 amide bonds. The molecule has 2 N–H and O–H groups in total. The van der Waals surface area contributed by atoms with Crippen molar-refractivity contribution in [3.8, 4) is 0 Å². The minimum absolute atomic E-state index is 0.568. The lowest BCUT2D eigenvalue weighted by atomic mass is 10.1. The number of nitrogen functional groups attached to an aromatic ring is 1. The quantitative estimate of drug-likeness (QED) is 0.822. The van der Waals surface area contributed by atoms with Crippen LogP contribution in [-0.4, -0.2) is 23.0 Å². The lowest BCUT2D eigenvalue weighted by molar-refractivity contribution is 0.257. The van der Waals surface area contributed by atoms with E-state index >= 15 is 0 Å². The van der Waals surface area contributed by atoms with Crippen molar-refractivity contribution in [3.63, 3.8) is 0 Å². The third-order valence-electron chi connectivity index (χ3n) is 3.07. The molecule has 82 valence electrons. The first-order chi connectivity index (χ1) is 7.31. The van der Waals surface area contributed by atoms with Crippen molar-refractivity contribution >= 4 is 5.82 Å². The topological polar surface area (TPSA) is 42.1 Å². The highest BCUT2D eigenvalue weighted by atomic mass is 15.2. The molecule has 0 aromatic carbocycles. The lowest BCUT2D eigenvalue weighted by Crippen LogP contribution is -2.24. The van der Waals surface area contributed by atoms with Gasteiger partial charge in [0.1, 0.15) is 5.82 Å². The lowest BCUT2D eigenvalue weighted by Gasteiger charge is -2.23. The maximum atomic E-state index is 5.59. The molecule has 1 atom stereocenters. The summed E-state index contributed by atoms with van der Waals surface area (Å²) in [6, 6.07) is 4.58. The van der Waals surface area contributed by atoms with Crippen LogP contribution in [0, 0.1) is 0 Å². The van der Waals surface area contributed by atoms with E-state index in [1.165, 1.54) is 37.9 Å². The van der Waals surface area contributed by atoms with Crippen molar-refractivity contribution in [3.05, 3.63) is 23.9 Å². The van der Waals surface area contributed by atoms with E-state index in [1.807, 2.05) is 12.3 Å². The Morgan fingerprint density at radius 3 is 3.07 bits per heavy atom. The van der Waals surface area contributed by atoms with Crippen molar-refractivity contribution in [2.75, 3.05) is 18.8 Å². The fourth-order valence-corrected chi connectivity index (χ4v) is 2.37. The number of hydrogen-bond donors (Lipinski definition) is 1. The van der Waals surface area contributed by atoms with Gasteiger partial charge in [0, 0.05) is 12.2 Å². The maximum Gasteiger partial charge on any atom is 0.123 e. The number of nitrogens with zero attached hydrogens (tertiary/aromatic N) is 2. The molecule has 1 saturated heterocycles. The van der Waals surface area contributed by atoms with Crippen LogP contribution in [0.5, 0.6) is 0 Å². The molecule has 1 aliphatic heterocycles. The summed E-state index contributed by atoms with van der Waals surface area (Å²) < 4.78 is 0.